The average molecular weight is 277 g/mol. The van der Waals surface area contributed by atoms with Gasteiger partial charge in [-0.3, -0.25) is 0 Å². The predicted molar refractivity (Wildman–Crippen MR) is 74.4 cm³/mol. The Hall–Kier alpha value is -0.170. The molecule has 0 radical (unpaired) electrons. The van der Waals surface area contributed by atoms with Gasteiger partial charge in [-0.15, -0.1) is 0 Å². The van der Waals surface area contributed by atoms with Crippen molar-refractivity contribution in [3.63, 3.8) is 0 Å². The monoisotopic (exact) mass is 277 g/mol. The molecule has 0 unspecified atom stereocenters. The van der Waals surface area contributed by atoms with Gasteiger partial charge in [0.2, 0.25) is 0 Å². The van der Waals surface area contributed by atoms with Crippen molar-refractivity contribution >= 4 is 10.2 Å². The van der Waals surface area contributed by atoms with E-state index in [0.717, 1.165) is 12.8 Å². The molecular weight excluding hydrogens is 250 g/mol. The van der Waals surface area contributed by atoms with Crippen LogP contribution in [0.2, 0.25) is 0 Å². The smallest absolute Gasteiger partial charge is 0.279 e. The fourth-order valence-electron chi connectivity index (χ4n) is 2.39. The van der Waals surface area contributed by atoms with Crippen LogP contribution in [0.3, 0.4) is 0 Å². The molecule has 0 saturated heterocycles. The van der Waals surface area contributed by atoms with Crippen molar-refractivity contribution in [3.05, 3.63) is 0 Å². The van der Waals surface area contributed by atoms with Crippen LogP contribution in [0.15, 0.2) is 0 Å². The number of hydrogen-bond acceptors (Lipinski definition) is 3. The van der Waals surface area contributed by atoms with Crippen LogP contribution in [0.5, 0.6) is 0 Å². The lowest BCUT2D eigenvalue weighted by atomic mass is 9.76. The lowest BCUT2D eigenvalue weighted by Gasteiger charge is -2.34. The number of nitrogens with one attached hydrogen (secondary N) is 1. The van der Waals surface area contributed by atoms with Gasteiger partial charge in [0.1, 0.15) is 0 Å². The van der Waals surface area contributed by atoms with Crippen molar-refractivity contribution < 1.29 is 8.42 Å². The molecule has 0 amide bonds. The average Bonchev–Trinajstić information content (AvgIpc) is 2.35. The molecule has 108 valence electrons. The molecule has 0 bridgehead atoms. The Balaban J connectivity index is 2.45. The van der Waals surface area contributed by atoms with E-state index in [2.05, 4.69) is 11.6 Å². The molecule has 6 heteroatoms. The molecule has 0 heterocycles. The Morgan fingerprint density at radius 3 is 2.44 bits per heavy atom. The SMILES string of the molecule is CN(CCCN)S(=O)(=O)NCC1(C)CCCCC1. The van der Waals surface area contributed by atoms with E-state index in [1.54, 1.807) is 7.05 Å². The van der Waals surface area contributed by atoms with Crippen molar-refractivity contribution in [2.24, 2.45) is 11.1 Å². The summed E-state index contributed by atoms with van der Waals surface area (Å²) in [6, 6.07) is 0. The highest BCUT2D eigenvalue weighted by molar-refractivity contribution is 7.87. The van der Waals surface area contributed by atoms with Crippen molar-refractivity contribution in [2.75, 3.05) is 26.7 Å². The first-order valence-corrected chi connectivity index (χ1v) is 8.25. The Labute approximate surface area is 111 Å². The third-order valence-corrected chi connectivity index (χ3v) is 5.34. The first-order valence-electron chi connectivity index (χ1n) is 6.81. The molecule has 1 saturated carbocycles. The number of nitrogens with two attached hydrogens (primary N) is 1. The second kappa shape index (κ2) is 6.84. The summed E-state index contributed by atoms with van der Waals surface area (Å²) >= 11 is 0. The summed E-state index contributed by atoms with van der Waals surface area (Å²) in [6.45, 7) is 3.71. The van der Waals surface area contributed by atoms with Crippen LogP contribution in [0, 0.1) is 5.41 Å². The second-order valence-electron chi connectivity index (χ2n) is 5.66. The van der Waals surface area contributed by atoms with Crippen molar-refractivity contribution in [3.8, 4) is 0 Å². The third kappa shape index (κ3) is 4.84. The van der Waals surface area contributed by atoms with Crippen LogP contribution in [-0.4, -0.2) is 39.4 Å². The van der Waals surface area contributed by atoms with Gasteiger partial charge < -0.3 is 5.73 Å². The fourth-order valence-corrected chi connectivity index (χ4v) is 3.51. The van der Waals surface area contributed by atoms with Gasteiger partial charge in [-0.1, -0.05) is 26.2 Å². The van der Waals surface area contributed by atoms with E-state index in [4.69, 9.17) is 5.73 Å². The van der Waals surface area contributed by atoms with Crippen LogP contribution in [-0.2, 0) is 10.2 Å². The van der Waals surface area contributed by atoms with E-state index in [1.807, 2.05) is 0 Å². The quantitative estimate of drug-likeness (QED) is 0.731. The van der Waals surface area contributed by atoms with Crippen LogP contribution in [0.1, 0.15) is 45.4 Å². The maximum atomic E-state index is 12.0. The summed E-state index contributed by atoms with van der Waals surface area (Å²) < 4.78 is 28.1. The summed E-state index contributed by atoms with van der Waals surface area (Å²) in [5, 5.41) is 0. The largest absolute Gasteiger partial charge is 0.330 e. The van der Waals surface area contributed by atoms with Gasteiger partial charge in [0.25, 0.3) is 10.2 Å². The van der Waals surface area contributed by atoms with Crippen LogP contribution >= 0.6 is 0 Å². The number of hydrogen-bond donors (Lipinski definition) is 2. The van der Waals surface area contributed by atoms with Gasteiger partial charge in [-0.05, 0) is 31.2 Å². The number of rotatable bonds is 7. The van der Waals surface area contributed by atoms with Gasteiger partial charge in [-0.2, -0.15) is 12.7 Å². The lowest BCUT2D eigenvalue weighted by Crippen LogP contribution is -2.44. The van der Waals surface area contributed by atoms with Gasteiger partial charge >= 0.3 is 0 Å². The van der Waals surface area contributed by atoms with E-state index in [9.17, 15) is 8.42 Å². The Kier molecular flexibility index (Phi) is 6.04. The zero-order chi connectivity index (χ0) is 13.6. The van der Waals surface area contributed by atoms with Gasteiger partial charge in [0.05, 0.1) is 0 Å². The normalized spacial score (nSPS) is 20.2. The molecule has 0 spiro atoms. The maximum absolute atomic E-state index is 12.0. The van der Waals surface area contributed by atoms with E-state index < -0.39 is 10.2 Å². The summed E-state index contributed by atoms with van der Waals surface area (Å²) in [5.74, 6) is 0. The summed E-state index contributed by atoms with van der Waals surface area (Å²) in [6.07, 6.45) is 6.61. The fraction of sp³-hybridized carbons (Fsp3) is 1.00. The summed E-state index contributed by atoms with van der Waals surface area (Å²) in [7, 11) is -1.74. The van der Waals surface area contributed by atoms with Gasteiger partial charge in [0, 0.05) is 20.1 Å². The lowest BCUT2D eigenvalue weighted by molar-refractivity contribution is 0.217. The topological polar surface area (TPSA) is 75.4 Å². The van der Waals surface area contributed by atoms with E-state index >= 15 is 0 Å². The van der Waals surface area contributed by atoms with E-state index in [-0.39, 0.29) is 5.41 Å². The minimum Gasteiger partial charge on any atom is -0.330 e. The predicted octanol–water partition coefficient (Wildman–Crippen LogP) is 1.07. The van der Waals surface area contributed by atoms with Crippen LogP contribution < -0.4 is 10.5 Å². The molecule has 1 aliphatic rings. The molecule has 0 aromatic rings. The van der Waals surface area contributed by atoms with Crippen molar-refractivity contribution in [1.82, 2.24) is 9.03 Å². The molecule has 0 aliphatic heterocycles. The Morgan fingerprint density at radius 1 is 1.28 bits per heavy atom. The Morgan fingerprint density at radius 2 is 1.89 bits per heavy atom. The molecule has 3 N–H and O–H groups in total. The summed E-state index contributed by atoms with van der Waals surface area (Å²) in [5.41, 5.74) is 5.52. The minimum atomic E-state index is -3.34. The van der Waals surface area contributed by atoms with Gasteiger partial charge in [0.15, 0.2) is 0 Å². The molecule has 0 aromatic carbocycles. The molecular formula is C12H27N3O2S. The molecule has 1 rings (SSSR count). The standard InChI is InChI=1S/C12H27N3O2S/c1-12(7-4-3-5-8-12)11-14-18(16,17)15(2)10-6-9-13/h14H,3-11,13H2,1-2H3. The first-order chi connectivity index (χ1) is 8.40. The molecule has 0 aromatic heterocycles. The zero-order valence-electron chi connectivity index (χ0n) is 11.6. The molecule has 1 fully saturated rings. The van der Waals surface area contributed by atoms with Gasteiger partial charge in [-0.25, -0.2) is 4.72 Å². The second-order valence-corrected chi connectivity index (χ2v) is 7.52. The molecule has 5 nitrogen and oxygen atoms in total. The van der Waals surface area contributed by atoms with E-state index in [0.29, 0.717) is 26.1 Å². The Bertz CT molecular complexity index is 337. The summed E-state index contributed by atoms with van der Waals surface area (Å²) in [4.78, 5) is 0. The minimum absolute atomic E-state index is 0.125. The highest BCUT2D eigenvalue weighted by Crippen LogP contribution is 2.35. The molecule has 18 heavy (non-hydrogen) atoms. The van der Waals surface area contributed by atoms with Crippen LogP contribution in [0.25, 0.3) is 0 Å². The van der Waals surface area contributed by atoms with Crippen molar-refractivity contribution in [2.45, 2.75) is 45.4 Å². The highest BCUT2D eigenvalue weighted by Gasteiger charge is 2.29. The highest BCUT2D eigenvalue weighted by atomic mass is 32.2. The van der Waals surface area contributed by atoms with E-state index in [1.165, 1.54) is 23.6 Å². The zero-order valence-corrected chi connectivity index (χ0v) is 12.4. The molecule has 0 atom stereocenters. The molecule has 1 aliphatic carbocycles. The maximum Gasteiger partial charge on any atom is 0.279 e. The third-order valence-electron chi connectivity index (χ3n) is 3.83. The first kappa shape index (κ1) is 15.9. The van der Waals surface area contributed by atoms with Crippen molar-refractivity contribution in [1.29, 1.82) is 0 Å². The van der Waals surface area contributed by atoms with Crippen LogP contribution in [0.4, 0.5) is 0 Å². The number of nitrogens with zero attached hydrogens (tertiary/aromatic N) is 1.